The molecule has 3 rings (SSSR count). The first-order chi connectivity index (χ1) is 16.2. The summed E-state index contributed by atoms with van der Waals surface area (Å²) in [4.78, 5) is 27.3. The van der Waals surface area contributed by atoms with Crippen LogP contribution in [0.1, 0.15) is 22.3 Å². The molecule has 1 heterocycles. The van der Waals surface area contributed by atoms with Crippen LogP contribution in [0.5, 0.6) is 0 Å². The molecule has 0 saturated carbocycles. The molecule has 188 valence electrons. The summed E-state index contributed by atoms with van der Waals surface area (Å²) in [5.74, 6) is 5.17. The van der Waals surface area contributed by atoms with Gasteiger partial charge in [0.1, 0.15) is 5.70 Å². The Morgan fingerprint density at radius 3 is 1.97 bits per heavy atom. The number of nitrogens with two attached hydrogens (primary N) is 2. The molecule has 0 radical (unpaired) electrons. The molecule has 2 aromatic rings. The molecule has 0 unspecified atom stereocenters. The molecule has 1 aliphatic rings. The van der Waals surface area contributed by atoms with Gasteiger partial charge in [-0.05, 0) is 23.8 Å². The second-order valence-corrected chi connectivity index (χ2v) is 7.83. The Hall–Kier alpha value is -3.74. The fraction of sp³-hybridized carbons (Fsp3) is 0.273. The van der Waals surface area contributed by atoms with Crippen molar-refractivity contribution in [2.75, 3.05) is 20.1 Å². The molecule has 3 amide bonds. The van der Waals surface area contributed by atoms with Gasteiger partial charge in [0.05, 0.1) is 23.4 Å². The van der Waals surface area contributed by atoms with Crippen molar-refractivity contribution in [3.8, 4) is 0 Å². The fourth-order valence-corrected chi connectivity index (χ4v) is 3.54. The highest BCUT2D eigenvalue weighted by Crippen LogP contribution is 2.37. The molecular weight excluding hydrogens is 480 g/mol. The minimum Gasteiger partial charge on any atom is -0.392 e. The number of benzene rings is 2. The molecule has 13 heteroatoms. The molecule has 0 aliphatic carbocycles. The Morgan fingerprint density at radius 2 is 1.51 bits per heavy atom. The van der Waals surface area contributed by atoms with Crippen molar-refractivity contribution in [1.82, 2.24) is 14.8 Å². The van der Waals surface area contributed by atoms with Crippen LogP contribution in [0.25, 0.3) is 5.70 Å². The van der Waals surface area contributed by atoms with E-state index in [4.69, 9.17) is 11.6 Å². The monoisotopic (exact) mass is 501 g/mol. The first-order valence-electron chi connectivity index (χ1n) is 10.1. The van der Waals surface area contributed by atoms with Gasteiger partial charge in [-0.1, -0.05) is 30.3 Å². The highest BCUT2D eigenvalue weighted by Gasteiger charge is 2.37. The van der Waals surface area contributed by atoms with Crippen LogP contribution < -0.4 is 11.6 Å². The maximum absolute atomic E-state index is 13.2. The first kappa shape index (κ1) is 25.9. The van der Waals surface area contributed by atoms with Gasteiger partial charge in [-0.25, -0.2) is 10.6 Å². The third kappa shape index (κ3) is 5.67. The maximum atomic E-state index is 13.2. The van der Waals surface area contributed by atoms with E-state index in [1.165, 1.54) is 24.1 Å². The van der Waals surface area contributed by atoms with Gasteiger partial charge in [-0.2, -0.15) is 26.3 Å². The third-order valence-electron chi connectivity index (χ3n) is 5.28. The average Bonchev–Trinajstić information content (AvgIpc) is 3.11. The Labute approximate surface area is 196 Å². The standard InChI is InChI=1S/C22H21F6N5O2/c1-31-7-8-32(20(31)35)19(34)17(29)18(14-5-3-2-4-6-14)33(30)12-13-9-15(21(23,24)25)11-16(10-13)22(26,27)28/h2-6,9-11H,7-8,12,29-30H2,1H3/b18-17-. The zero-order valence-corrected chi connectivity index (χ0v) is 18.3. The molecule has 1 fully saturated rings. The number of halogens is 6. The fourth-order valence-electron chi connectivity index (χ4n) is 3.54. The summed E-state index contributed by atoms with van der Waals surface area (Å²) in [5, 5.41) is 0.780. The van der Waals surface area contributed by atoms with E-state index in [9.17, 15) is 35.9 Å². The summed E-state index contributed by atoms with van der Waals surface area (Å²) in [5.41, 5.74) is 2.25. The van der Waals surface area contributed by atoms with Gasteiger partial charge in [-0.3, -0.25) is 9.69 Å². The van der Waals surface area contributed by atoms with Crippen molar-refractivity contribution in [3.63, 3.8) is 0 Å². The van der Waals surface area contributed by atoms with Crippen molar-refractivity contribution >= 4 is 17.6 Å². The normalized spacial score (nSPS) is 15.4. The predicted octanol–water partition coefficient (Wildman–Crippen LogP) is 3.62. The Kier molecular flexibility index (Phi) is 7.01. The number of imide groups is 1. The Bertz CT molecular complexity index is 1120. The summed E-state index contributed by atoms with van der Waals surface area (Å²) in [6.45, 7) is -0.349. The molecule has 1 saturated heterocycles. The van der Waals surface area contributed by atoms with Crippen LogP contribution in [-0.2, 0) is 23.7 Å². The highest BCUT2D eigenvalue weighted by molar-refractivity contribution is 6.08. The number of carbonyl (C=O) groups is 2. The van der Waals surface area contributed by atoms with E-state index in [1.807, 2.05) is 0 Å². The van der Waals surface area contributed by atoms with E-state index in [0.717, 1.165) is 9.91 Å². The van der Waals surface area contributed by atoms with Crippen LogP contribution in [0, 0.1) is 0 Å². The highest BCUT2D eigenvalue weighted by atomic mass is 19.4. The van der Waals surface area contributed by atoms with E-state index < -0.39 is 53.2 Å². The zero-order chi connectivity index (χ0) is 26.1. The SMILES string of the molecule is CN1CCN(C(=O)/C(N)=C(\c2ccccc2)N(N)Cc2cc(C(F)(F)F)cc(C(F)(F)F)c2)C1=O. The van der Waals surface area contributed by atoms with Gasteiger partial charge in [0.2, 0.25) is 0 Å². The number of urea groups is 1. The van der Waals surface area contributed by atoms with E-state index in [2.05, 4.69) is 0 Å². The number of alkyl halides is 6. The second kappa shape index (κ2) is 9.49. The van der Waals surface area contributed by atoms with E-state index in [-0.39, 0.29) is 30.4 Å². The van der Waals surface area contributed by atoms with E-state index in [1.54, 1.807) is 18.2 Å². The molecule has 2 aromatic carbocycles. The summed E-state index contributed by atoms with van der Waals surface area (Å²) in [6, 6.07) is 8.25. The molecule has 0 aromatic heterocycles. The maximum Gasteiger partial charge on any atom is 0.416 e. The summed E-state index contributed by atoms with van der Waals surface area (Å²) < 4.78 is 79.5. The molecule has 0 spiro atoms. The van der Waals surface area contributed by atoms with Crippen LogP contribution >= 0.6 is 0 Å². The molecular formula is C22H21F6N5O2. The summed E-state index contributed by atoms with van der Waals surface area (Å²) in [7, 11) is 1.48. The minimum absolute atomic E-state index is 0.00563. The largest absolute Gasteiger partial charge is 0.416 e. The van der Waals surface area contributed by atoms with Gasteiger partial charge >= 0.3 is 18.4 Å². The minimum atomic E-state index is -5.04. The predicted molar refractivity (Wildman–Crippen MR) is 113 cm³/mol. The Morgan fingerprint density at radius 1 is 0.971 bits per heavy atom. The van der Waals surface area contributed by atoms with Crippen molar-refractivity contribution < 1.29 is 35.9 Å². The zero-order valence-electron chi connectivity index (χ0n) is 18.3. The van der Waals surface area contributed by atoms with Gasteiger partial charge in [-0.15, -0.1) is 0 Å². The first-order valence-corrected chi connectivity index (χ1v) is 10.1. The van der Waals surface area contributed by atoms with Crippen molar-refractivity contribution in [1.29, 1.82) is 0 Å². The van der Waals surface area contributed by atoms with Gasteiger partial charge in [0, 0.05) is 25.7 Å². The van der Waals surface area contributed by atoms with Gasteiger partial charge < -0.3 is 15.6 Å². The quantitative estimate of drug-likeness (QED) is 0.283. The van der Waals surface area contributed by atoms with Crippen molar-refractivity contribution in [2.45, 2.75) is 18.9 Å². The van der Waals surface area contributed by atoms with Crippen molar-refractivity contribution in [3.05, 3.63) is 76.5 Å². The second-order valence-electron chi connectivity index (χ2n) is 7.83. The topological polar surface area (TPSA) is 95.9 Å². The lowest BCUT2D eigenvalue weighted by molar-refractivity contribution is -0.143. The number of rotatable bonds is 5. The number of likely N-dealkylation sites (N-methyl/N-ethyl adjacent to an activating group) is 1. The average molecular weight is 501 g/mol. The number of hydrogen-bond donors (Lipinski definition) is 2. The molecule has 7 nitrogen and oxygen atoms in total. The Balaban J connectivity index is 2.06. The molecule has 1 aliphatic heterocycles. The number of hydrogen-bond acceptors (Lipinski definition) is 5. The van der Waals surface area contributed by atoms with Gasteiger partial charge in [0.25, 0.3) is 5.91 Å². The van der Waals surface area contributed by atoms with Gasteiger partial charge in [0.15, 0.2) is 0 Å². The van der Waals surface area contributed by atoms with Crippen LogP contribution in [0.2, 0.25) is 0 Å². The number of carbonyl (C=O) groups excluding carboxylic acids is 2. The van der Waals surface area contributed by atoms with Crippen LogP contribution in [0.15, 0.2) is 54.2 Å². The third-order valence-corrected chi connectivity index (χ3v) is 5.28. The molecule has 0 atom stereocenters. The van der Waals surface area contributed by atoms with E-state index >= 15 is 0 Å². The number of amides is 3. The lowest BCUT2D eigenvalue weighted by Gasteiger charge is -2.26. The lowest BCUT2D eigenvalue weighted by Crippen LogP contribution is -2.40. The van der Waals surface area contributed by atoms with Crippen LogP contribution in [0.4, 0.5) is 31.1 Å². The number of nitrogens with zero attached hydrogens (tertiary/aromatic N) is 3. The smallest absolute Gasteiger partial charge is 0.392 e. The number of hydrazine groups is 1. The van der Waals surface area contributed by atoms with Crippen molar-refractivity contribution in [2.24, 2.45) is 11.6 Å². The molecule has 0 bridgehead atoms. The van der Waals surface area contributed by atoms with Crippen LogP contribution in [-0.4, -0.2) is 46.9 Å². The molecule has 35 heavy (non-hydrogen) atoms. The molecule has 4 N–H and O–H groups in total. The lowest BCUT2D eigenvalue weighted by atomic mass is 10.0. The summed E-state index contributed by atoms with van der Waals surface area (Å²) in [6.07, 6.45) is -10.1. The van der Waals surface area contributed by atoms with E-state index in [0.29, 0.717) is 12.1 Å². The summed E-state index contributed by atoms with van der Waals surface area (Å²) >= 11 is 0. The van der Waals surface area contributed by atoms with Crippen LogP contribution in [0.3, 0.4) is 0 Å².